The summed E-state index contributed by atoms with van der Waals surface area (Å²) < 4.78 is 10.8. The second kappa shape index (κ2) is 5.98. The second-order valence-corrected chi connectivity index (χ2v) is 5.81. The highest BCUT2D eigenvalue weighted by atomic mass is 35.5. The van der Waals surface area contributed by atoms with Crippen molar-refractivity contribution in [3.8, 4) is 17.2 Å². The Balaban J connectivity index is 1.48. The number of rotatable bonds is 3. The molecule has 7 heteroatoms. The van der Waals surface area contributed by atoms with E-state index in [0.29, 0.717) is 28.8 Å². The van der Waals surface area contributed by atoms with E-state index in [9.17, 15) is 4.79 Å². The van der Waals surface area contributed by atoms with Crippen molar-refractivity contribution in [1.82, 2.24) is 10.2 Å². The van der Waals surface area contributed by atoms with Crippen molar-refractivity contribution < 1.29 is 13.9 Å². The summed E-state index contributed by atoms with van der Waals surface area (Å²) in [7, 11) is 0. The van der Waals surface area contributed by atoms with Gasteiger partial charge in [0.05, 0.1) is 0 Å². The maximum atomic E-state index is 12.4. The molecular formula is C17H12ClN3O3. The zero-order chi connectivity index (χ0) is 16.5. The van der Waals surface area contributed by atoms with Crippen LogP contribution in [0.3, 0.4) is 0 Å². The number of hydrogen-bond acceptors (Lipinski definition) is 5. The topological polar surface area (TPSA) is 77.3 Å². The highest BCUT2D eigenvalue weighted by Gasteiger charge is 2.29. The molecule has 0 spiro atoms. The largest absolute Gasteiger partial charge is 0.480 e. The monoisotopic (exact) mass is 341 g/mol. The number of carbonyl (C=O) groups is 1. The summed E-state index contributed by atoms with van der Waals surface area (Å²) >= 11 is 5.97. The van der Waals surface area contributed by atoms with E-state index in [1.807, 2.05) is 12.1 Å². The minimum Gasteiger partial charge on any atom is -0.480 e. The molecule has 2 heterocycles. The number of carbonyl (C=O) groups excluding carboxylic acids is 1. The third-order valence-corrected chi connectivity index (χ3v) is 3.96. The van der Waals surface area contributed by atoms with Gasteiger partial charge in [0.1, 0.15) is 5.75 Å². The van der Waals surface area contributed by atoms with Crippen molar-refractivity contribution in [3.05, 3.63) is 59.4 Å². The molecule has 1 amide bonds. The molecule has 1 N–H and O–H groups in total. The van der Waals surface area contributed by atoms with E-state index in [1.165, 1.54) is 6.39 Å². The molecule has 0 aliphatic carbocycles. The van der Waals surface area contributed by atoms with Crippen LogP contribution in [0.4, 0.5) is 5.69 Å². The van der Waals surface area contributed by atoms with Crippen molar-refractivity contribution in [3.63, 3.8) is 0 Å². The van der Waals surface area contributed by atoms with Crippen molar-refractivity contribution in [2.24, 2.45) is 0 Å². The minimum atomic E-state index is -0.578. The summed E-state index contributed by atoms with van der Waals surface area (Å²) in [6.07, 6.45) is 1.17. The molecular weight excluding hydrogens is 330 g/mol. The summed E-state index contributed by atoms with van der Waals surface area (Å²) in [5, 5.41) is 11.0. The number of ether oxygens (including phenoxy) is 1. The van der Waals surface area contributed by atoms with Crippen LogP contribution in [0, 0.1) is 0 Å². The molecule has 1 aliphatic rings. The van der Waals surface area contributed by atoms with Gasteiger partial charge in [-0.3, -0.25) is 4.79 Å². The zero-order valence-electron chi connectivity index (χ0n) is 12.4. The fourth-order valence-electron chi connectivity index (χ4n) is 2.61. The van der Waals surface area contributed by atoms with Crippen molar-refractivity contribution in [2.45, 2.75) is 12.5 Å². The Morgan fingerprint density at radius 2 is 2.17 bits per heavy atom. The van der Waals surface area contributed by atoms with Gasteiger partial charge in [0.15, 0.2) is 6.10 Å². The number of halogens is 1. The molecule has 0 unspecified atom stereocenters. The zero-order valence-corrected chi connectivity index (χ0v) is 13.2. The van der Waals surface area contributed by atoms with Crippen LogP contribution in [0.1, 0.15) is 5.56 Å². The number of fused-ring (bicyclic) bond motifs is 1. The molecule has 3 aromatic rings. The minimum absolute atomic E-state index is 0.218. The molecule has 1 aliphatic heterocycles. The maximum Gasteiger partial charge on any atom is 0.265 e. The van der Waals surface area contributed by atoms with Gasteiger partial charge in [-0.1, -0.05) is 17.7 Å². The number of nitrogens with one attached hydrogen (secondary N) is 1. The molecule has 0 radical (unpaired) electrons. The maximum absolute atomic E-state index is 12.4. The molecule has 0 saturated heterocycles. The SMILES string of the molecule is O=C(Nc1cccc(-c2nnco2)c1)[C@H]1Cc2cc(Cl)ccc2O1. The Bertz CT molecular complexity index is 896. The Labute approximate surface area is 142 Å². The summed E-state index contributed by atoms with van der Waals surface area (Å²) in [5.41, 5.74) is 2.29. The molecule has 4 rings (SSSR count). The predicted octanol–water partition coefficient (Wildman–Crippen LogP) is 3.33. The summed E-state index contributed by atoms with van der Waals surface area (Å²) in [6, 6.07) is 12.5. The Hall–Kier alpha value is -2.86. The van der Waals surface area contributed by atoms with E-state index >= 15 is 0 Å². The average molecular weight is 342 g/mol. The first-order chi connectivity index (χ1) is 11.7. The molecule has 6 nitrogen and oxygen atoms in total. The van der Waals surface area contributed by atoms with Gasteiger partial charge < -0.3 is 14.5 Å². The summed E-state index contributed by atoms with van der Waals surface area (Å²) in [4.78, 5) is 12.4. The number of hydrogen-bond donors (Lipinski definition) is 1. The van der Waals surface area contributed by atoms with Gasteiger partial charge in [0.25, 0.3) is 5.91 Å². The van der Waals surface area contributed by atoms with Gasteiger partial charge in [-0.25, -0.2) is 0 Å². The highest BCUT2D eigenvalue weighted by molar-refractivity contribution is 6.30. The standard InChI is InChI=1S/C17H12ClN3O3/c18-12-4-5-14-11(6-12)8-15(24-14)16(22)20-13-3-1-2-10(7-13)17-21-19-9-23-17/h1-7,9,15H,8H2,(H,20,22)/t15-/m1/s1. The number of benzene rings is 2. The molecule has 0 saturated carbocycles. The quantitative estimate of drug-likeness (QED) is 0.790. The lowest BCUT2D eigenvalue weighted by Gasteiger charge is -2.11. The van der Waals surface area contributed by atoms with E-state index < -0.39 is 6.10 Å². The smallest absolute Gasteiger partial charge is 0.265 e. The number of aromatic nitrogens is 2. The van der Waals surface area contributed by atoms with Crippen LogP contribution in [-0.4, -0.2) is 22.2 Å². The first-order valence-electron chi connectivity index (χ1n) is 7.31. The fraction of sp³-hybridized carbons (Fsp3) is 0.118. The van der Waals surface area contributed by atoms with E-state index in [-0.39, 0.29) is 5.91 Å². The van der Waals surface area contributed by atoms with Gasteiger partial charge in [0.2, 0.25) is 12.3 Å². The second-order valence-electron chi connectivity index (χ2n) is 5.38. The Kier molecular flexibility index (Phi) is 3.66. The van der Waals surface area contributed by atoms with E-state index in [2.05, 4.69) is 15.5 Å². The summed E-state index contributed by atoms with van der Waals surface area (Å²) in [6.45, 7) is 0. The third kappa shape index (κ3) is 2.83. The molecule has 1 aromatic heterocycles. The summed E-state index contributed by atoms with van der Waals surface area (Å²) in [5.74, 6) is 0.870. The average Bonchev–Trinajstić information content (AvgIpc) is 3.24. The van der Waals surface area contributed by atoms with Gasteiger partial charge in [-0.05, 0) is 42.0 Å². The number of amides is 1. The lowest BCUT2D eigenvalue weighted by molar-refractivity contribution is -0.122. The van der Waals surface area contributed by atoms with Gasteiger partial charge >= 0.3 is 0 Å². The van der Waals surface area contributed by atoms with Crippen LogP contribution in [0.5, 0.6) is 5.75 Å². The van der Waals surface area contributed by atoms with Crippen LogP contribution in [0.2, 0.25) is 5.02 Å². The van der Waals surface area contributed by atoms with Crippen LogP contribution < -0.4 is 10.1 Å². The lowest BCUT2D eigenvalue weighted by Crippen LogP contribution is -2.31. The molecule has 120 valence electrons. The number of anilines is 1. The molecule has 0 bridgehead atoms. The highest BCUT2D eigenvalue weighted by Crippen LogP contribution is 2.31. The van der Waals surface area contributed by atoms with Crippen LogP contribution >= 0.6 is 11.6 Å². The normalized spacial score (nSPS) is 15.6. The first-order valence-corrected chi connectivity index (χ1v) is 7.69. The number of nitrogens with zero attached hydrogens (tertiary/aromatic N) is 2. The predicted molar refractivity (Wildman–Crippen MR) is 87.9 cm³/mol. The van der Waals surface area contributed by atoms with Crippen LogP contribution in [-0.2, 0) is 11.2 Å². The van der Waals surface area contributed by atoms with E-state index in [1.54, 1.807) is 30.3 Å². The lowest BCUT2D eigenvalue weighted by atomic mass is 10.1. The first kappa shape index (κ1) is 14.7. The van der Waals surface area contributed by atoms with Gasteiger partial charge in [0, 0.05) is 22.7 Å². The van der Waals surface area contributed by atoms with Crippen molar-refractivity contribution >= 4 is 23.2 Å². The van der Waals surface area contributed by atoms with Gasteiger partial charge in [-0.15, -0.1) is 10.2 Å². The van der Waals surface area contributed by atoms with Crippen LogP contribution in [0.25, 0.3) is 11.5 Å². The van der Waals surface area contributed by atoms with Crippen molar-refractivity contribution in [1.29, 1.82) is 0 Å². The van der Waals surface area contributed by atoms with Gasteiger partial charge in [-0.2, -0.15) is 0 Å². The fourth-order valence-corrected chi connectivity index (χ4v) is 2.81. The van der Waals surface area contributed by atoms with E-state index in [0.717, 1.165) is 11.1 Å². The Morgan fingerprint density at radius 3 is 3.00 bits per heavy atom. The molecule has 1 atom stereocenters. The van der Waals surface area contributed by atoms with E-state index in [4.69, 9.17) is 20.8 Å². The molecule has 0 fully saturated rings. The third-order valence-electron chi connectivity index (χ3n) is 3.73. The van der Waals surface area contributed by atoms with Crippen molar-refractivity contribution in [2.75, 3.05) is 5.32 Å². The Morgan fingerprint density at radius 1 is 1.25 bits per heavy atom. The molecule has 2 aromatic carbocycles. The van der Waals surface area contributed by atoms with Crippen LogP contribution in [0.15, 0.2) is 53.3 Å². The molecule has 24 heavy (non-hydrogen) atoms.